The van der Waals surface area contributed by atoms with E-state index >= 15 is 0 Å². The Hall–Kier alpha value is -2.09. The maximum absolute atomic E-state index is 13.4. The van der Waals surface area contributed by atoms with Crippen molar-refractivity contribution in [2.75, 3.05) is 26.1 Å². The van der Waals surface area contributed by atoms with Gasteiger partial charge in [0.25, 0.3) is 0 Å². The molecule has 1 amide bonds. The first-order chi connectivity index (χ1) is 13.4. The molecule has 1 fully saturated rings. The minimum atomic E-state index is -3.80. The number of amides is 1. The Morgan fingerprint density at radius 1 is 1.11 bits per heavy atom. The third-order valence-corrected chi connectivity index (χ3v) is 6.92. The molecule has 28 heavy (non-hydrogen) atoms. The van der Waals surface area contributed by atoms with Gasteiger partial charge in [0.15, 0.2) is 0 Å². The van der Waals surface area contributed by atoms with Gasteiger partial charge in [0.05, 0.1) is 12.0 Å². The molecule has 1 atom stereocenters. The summed E-state index contributed by atoms with van der Waals surface area (Å²) in [5.41, 5.74) is 1.66. The minimum absolute atomic E-state index is 0.203. The lowest BCUT2D eigenvalue weighted by atomic mass is 10.1. The highest BCUT2D eigenvalue weighted by atomic mass is 35.5. The van der Waals surface area contributed by atoms with E-state index in [0.717, 1.165) is 5.56 Å². The highest BCUT2D eigenvalue weighted by Gasteiger charge is 2.40. The lowest BCUT2D eigenvalue weighted by molar-refractivity contribution is -0.135. The van der Waals surface area contributed by atoms with E-state index in [1.807, 2.05) is 6.92 Å². The van der Waals surface area contributed by atoms with Crippen LogP contribution < -0.4 is 4.74 Å². The fraction of sp³-hybridized carbons (Fsp3) is 0.350. The second kappa shape index (κ2) is 8.51. The number of hydrogen-bond acceptors (Lipinski definition) is 4. The Kier molecular flexibility index (Phi) is 6.27. The molecule has 3 rings (SSSR count). The average molecular weight is 423 g/mol. The van der Waals surface area contributed by atoms with Crippen molar-refractivity contribution < 1.29 is 17.9 Å². The Labute approximate surface area is 170 Å². The van der Waals surface area contributed by atoms with Gasteiger partial charge in [-0.15, -0.1) is 11.6 Å². The smallest absolute Gasteiger partial charge is 0.245 e. The first-order valence-electron chi connectivity index (χ1n) is 8.96. The SMILES string of the molecule is COc1ccc([C@@H]2N(C(=O)CCl)CCCN2S(=O)(=O)c2ccc(C)cc2)cc1. The molecular weight excluding hydrogens is 400 g/mol. The fourth-order valence-corrected chi connectivity index (χ4v) is 5.13. The second-order valence-corrected chi connectivity index (χ2v) is 8.81. The van der Waals surface area contributed by atoms with Crippen molar-refractivity contribution in [3.8, 4) is 5.75 Å². The third kappa shape index (κ3) is 4.01. The van der Waals surface area contributed by atoms with Crippen LogP contribution in [0, 0.1) is 6.92 Å². The van der Waals surface area contributed by atoms with Crippen molar-refractivity contribution in [2.45, 2.75) is 24.4 Å². The monoisotopic (exact) mass is 422 g/mol. The quantitative estimate of drug-likeness (QED) is 0.694. The number of nitrogens with zero attached hydrogens (tertiary/aromatic N) is 2. The van der Waals surface area contributed by atoms with Crippen LogP contribution in [0.25, 0.3) is 0 Å². The van der Waals surface area contributed by atoms with E-state index in [2.05, 4.69) is 0 Å². The second-order valence-electron chi connectivity index (χ2n) is 6.65. The van der Waals surface area contributed by atoms with Crippen molar-refractivity contribution in [3.63, 3.8) is 0 Å². The van der Waals surface area contributed by atoms with Gasteiger partial charge in [-0.1, -0.05) is 29.8 Å². The predicted octanol–water partition coefficient (Wildman–Crippen LogP) is 3.16. The number of carbonyl (C=O) groups excluding carboxylic acids is 1. The summed E-state index contributed by atoms with van der Waals surface area (Å²) >= 11 is 5.80. The van der Waals surface area contributed by atoms with Gasteiger partial charge in [0, 0.05) is 13.1 Å². The standard InChI is InChI=1S/C20H23ClN2O4S/c1-15-4-10-18(11-5-15)28(25,26)23-13-3-12-22(19(24)14-21)20(23)16-6-8-17(27-2)9-7-16/h4-11,20H,3,12-14H2,1-2H3/t20-/m1/s1. The molecule has 0 N–H and O–H groups in total. The molecule has 0 aromatic heterocycles. The third-order valence-electron chi connectivity index (χ3n) is 4.82. The van der Waals surface area contributed by atoms with E-state index < -0.39 is 16.2 Å². The molecule has 8 heteroatoms. The van der Waals surface area contributed by atoms with Gasteiger partial charge in [0.1, 0.15) is 17.8 Å². The number of sulfonamides is 1. The molecule has 6 nitrogen and oxygen atoms in total. The lowest BCUT2D eigenvalue weighted by Gasteiger charge is -2.43. The molecule has 1 aliphatic heterocycles. The Morgan fingerprint density at radius 3 is 2.32 bits per heavy atom. The summed E-state index contributed by atoms with van der Waals surface area (Å²) in [5.74, 6) is 0.152. The topological polar surface area (TPSA) is 66.9 Å². The van der Waals surface area contributed by atoms with Gasteiger partial charge in [0.2, 0.25) is 15.9 Å². The number of rotatable bonds is 5. The highest BCUT2D eigenvalue weighted by molar-refractivity contribution is 7.89. The molecule has 0 unspecified atom stereocenters. The number of carbonyl (C=O) groups is 1. The van der Waals surface area contributed by atoms with Crippen LogP contribution >= 0.6 is 11.6 Å². The van der Waals surface area contributed by atoms with Gasteiger partial charge in [-0.3, -0.25) is 4.79 Å². The summed E-state index contributed by atoms with van der Waals surface area (Å²) in [6, 6.07) is 13.8. The Balaban J connectivity index is 2.07. The van der Waals surface area contributed by atoms with Crippen LogP contribution in [-0.2, 0) is 14.8 Å². The molecule has 2 aromatic rings. The van der Waals surface area contributed by atoms with Crippen LogP contribution in [0.2, 0.25) is 0 Å². The number of halogens is 1. The molecule has 0 spiro atoms. The normalized spacial score (nSPS) is 18.1. The van der Waals surface area contributed by atoms with E-state index in [4.69, 9.17) is 16.3 Å². The molecule has 150 valence electrons. The van der Waals surface area contributed by atoms with Gasteiger partial charge >= 0.3 is 0 Å². The number of aryl methyl sites for hydroxylation is 1. The number of hydrogen-bond donors (Lipinski definition) is 0. The van der Waals surface area contributed by atoms with Crippen LogP contribution in [0.15, 0.2) is 53.4 Å². The molecule has 1 aliphatic rings. The van der Waals surface area contributed by atoms with E-state index in [0.29, 0.717) is 30.8 Å². The Bertz CT molecular complexity index is 930. The van der Waals surface area contributed by atoms with Crippen LogP contribution in [0.5, 0.6) is 5.75 Å². The zero-order valence-corrected chi connectivity index (χ0v) is 17.4. The molecule has 0 aliphatic carbocycles. The first kappa shape index (κ1) is 20.6. The van der Waals surface area contributed by atoms with E-state index in [-0.39, 0.29) is 16.7 Å². The van der Waals surface area contributed by atoms with Crippen molar-refractivity contribution in [2.24, 2.45) is 0 Å². The molecule has 1 heterocycles. The molecule has 0 bridgehead atoms. The fourth-order valence-electron chi connectivity index (χ4n) is 3.35. The summed E-state index contributed by atoms with van der Waals surface area (Å²) < 4.78 is 33.4. The summed E-state index contributed by atoms with van der Waals surface area (Å²) in [7, 11) is -2.24. The summed E-state index contributed by atoms with van der Waals surface area (Å²) in [5, 5.41) is 0. The van der Waals surface area contributed by atoms with Gasteiger partial charge < -0.3 is 9.64 Å². The van der Waals surface area contributed by atoms with Gasteiger partial charge in [-0.05, 0) is 43.2 Å². The van der Waals surface area contributed by atoms with Crippen LogP contribution in [0.1, 0.15) is 23.7 Å². The molecule has 1 saturated heterocycles. The van der Waals surface area contributed by atoms with Crippen LogP contribution in [0.4, 0.5) is 0 Å². The maximum Gasteiger partial charge on any atom is 0.245 e. The minimum Gasteiger partial charge on any atom is -0.497 e. The van der Waals surface area contributed by atoms with E-state index in [1.165, 1.54) is 9.21 Å². The van der Waals surface area contributed by atoms with Gasteiger partial charge in [-0.25, -0.2) is 8.42 Å². The van der Waals surface area contributed by atoms with Gasteiger partial charge in [-0.2, -0.15) is 4.31 Å². The van der Waals surface area contributed by atoms with Crippen molar-refractivity contribution in [1.82, 2.24) is 9.21 Å². The zero-order chi connectivity index (χ0) is 20.3. The summed E-state index contributed by atoms with van der Waals surface area (Å²) in [4.78, 5) is 14.2. The summed E-state index contributed by atoms with van der Waals surface area (Å²) in [6.07, 6.45) is -0.211. The number of benzene rings is 2. The molecule has 0 saturated carbocycles. The Morgan fingerprint density at radius 2 is 1.75 bits per heavy atom. The summed E-state index contributed by atoms with van der Waals surface area (Å²) in [6.45, 7) is 2.67. The zero-order valence-electron chi connectivity index (χ0n) is 15.8. The first-order valence-corrected chi connectivity index (χ1v) is 10.9. The molecule has 2 aromatic carbocycles. The van der Waals surface area contributed by atoms with Crippen molar-refractivity contribution >= 4 is 27.5 Å². The van der Waals surface area contributed by atoms with Crippen molar-refractivity contribution in [3.05, 3.63) is 59.7 Å². The number of methoxy groups -OCH3 is 1. The molecular formula is C20H23ClN2O4S. The lowest BCUT2D eigenvalue weighted by Crippen LogP contribution is -2.52. The number of alkyl halides is 1. The maximum atomic E-state index is 13.4. The predicted molar refractivity (Wildman–Crippen MR) is 108 cm³/mol. The largest absolute Gasteiger partial charge is 0.497 e. The average Bonchev–Trinajstić information content (AvgIpc) is 2.73. The van der Waals surface area contributed by atoms with E-state index in [9.17, 15) is 13.2 Å². The highest BCUT2D eigenvalue weighted by Crippen LogP contribution is 2.35. The van der Waals surface area contributed by atoms with E-state index in [1.54, 1.807) is 55.6 Å². The molecule has 0 radical (unpaired) electrons. The van der Waals surface area contributed by atoms with Crippen LogP contribution in [-0.4, -0.2) is 49.6 Å². The number of ether oxygens (including phenoxy) is 1. The van der Waals surface area contributed by atoms with Crippen LogP contribution in [0.3, 0.4) is 0 Å². The van der Waals surface area contributed by atoms with Crippen molar-refractivity contribution in [1.29, 1.82) is 0 Å².